The second kappa shape index (κ2) is 6.92. The summed E-state index contributed by atoms with van der Waals surface area (Å²) in [5.41, 5.74) is 1.82. The predicted molar refractivity (Wildman–Crippen MR) is 90.8 cm³/mol. The number of nitrogens with zero attached hydrogens (tertiary/aromatic N) is 1. The third-order valence-corrected chi connectivity index (χ3v) is 3.82. The van der Waals surface area contributed by atoms with Gasteiger partial charge >= 0.3 is 0 Å². The molecule has 2 aromatic carbocycles. The average Bonchev–Trinajstić information content (AvgIpc) is 2.95. The summed E-state index contributed by atoms with van der Waals surface area (Å²) >= 11 is 0. The number of hydrogen-bond acceptors (Lipinski definition) is 2. The van der Waals surface area contributed by atoms with E-state index in [4.69, 9.17) is 0 Å². The maximum atomic E-state index is 12.4. The van der Waals surface area contributed by atoms with Crippen LogP contribution in [-0.2, 0) is 9.59 Å². The van der Waals surface area contributed by atoms with Crippen LogP contribution < -0.4 is 10.2 Å². The zero-order valence-corrected chi connectivity index (χ0v) is 12.7. The second-order valence-corrected chi connectivity index (χ2v) is 5.42. The molecule has 4 nitrogen and oxygen atoms in total. The summed E-state index contributed by atoms with van der Waals surface area (Å²) < 4.78 is 0. The number of rotatable bonds is 4. The van der Waals surface area contributed by atoms with Crippen LogP contribution in [0.15, 0.2) is 66.7 Å². The molecule has 0 aromatic heterocycles. The van der Waals surface area contributed by atoms with Crippen LogP contribution in [0.3, 0.4) is 0 Å². The van der Waals surface area contributed by atoms with E-state index in [1.165, 1.54) is 6.08 Å². The first-order valence-corrected chi connectivity index (χ1v) is 7.64. The molecule has 116 valence electrons. The third kappa shape index (κ3) is 3.66. The van der Waals surface area contributed by atoms with Crippen molar-refractivity contribution < 1.29 is 9.59 Å². The average molecular weight is 306 g/mol. The lowest BCUT2D eigenvalue weighted by atomic mass is 10.2. The zero-order valence-electron chi connectivity index (χ0n) is 12.7. The van der Waals surface area contributed by atoms with Gasteiger partial charge in [-0.2, -0.15) is 0 Å². The van der Waals surface area contributed by atoms with Gasteiger partial charge in [0, 0.05) is 18.3 Å². The molecule has 4 heteroatoms. The number of benzene rings is 2. The van der Waals surface area contributed by atoms with Gasteiger partial charge in [0.15, 0.2) is 0 Å². The maximum Gasteiger partial charge on any atom is 0.249 e. The first-order chi connectivity index (χ1) is 11.2. The second-order valence-electron chi connectivity index (χ2n) is 5.42. The zero-order chi connectivity index (χ0) is 16.1. The summed E-state index contributed by atoms with van der Waals surface area (Å²) in [5.74, 6) is -0.306. The smallest absolute Gasteiger partial charge is 0.249 e. The van der Waals surface area contributed by atoms with Gasteiger partial charge in [-0.15, -0.1) is 0 Å². The van der Waals surface area contributed by atoms with Crippen LogP contribution in [-0.4, -0.2) is 24.4 Å². The highest BCUT2D eigenvalue weighted by Gasteiger charge is 2.33. The van der Waals surface area contributed by atoms with Gasteiger partial charge in [0.05, 0.1) is 0 Å². The van der Waals surface area contributed by atoms with E-state index in [1.54, 1.807) is 11.0 Å². The van der Waals surface area contributed by atoms with Crippen molar-refractivity contribution in [3.63, 3.8) is 0 Å². The van der Waals surface area contributed by atoms with E-state index in [-0.39, 0.29) is 11.8 Å². The Morgan fingerprint density at radius 2 is 1.70 bits per heavy atom. The van der Waals surface area contributed by atoms with E-state index in [9.17, 15) is 9.59 Å². The largest absolute Gasteiger partial charge is 0.341 e. The molecule has 1 fully saturated rings. The minimum absolute atomic E-state index is 0.0577. The molecular weight excluding hydrogens is 288 g/mol. The van der Waals surface area contributed by atoms with E-state index in [2.05, 4.69) is 5.32 Å². The Kier molecular flexibility index (Phi) is 4.52. The fourth-order valence-electron chi connectivity index (χ4n) is 2.63. The molecule has 0 spiro atoms. The van der Waals surface area contributed by atoms with Crippen molar-refractivity contribution in [1.29, 1.82) is 0 Å². The van der Waals surface area contributed by atoms with E-state index in [0.717, 1.165) is 11.3 Å². The van der Waals surface area contributed by atoms with E-state index in [0.29, 0.717) is 13.0 Å². The van der Waals surface area contributed by atoms with Gasteiger partial charge in [-0.1, -0.05) is 48.5 Å². The monoisotopic (exact) mass is 306 g/mol. The fraction of sp³-hybridized carbons (Fsp3) is 0.158. The van der Waals surface area contributed by atoms with Crippen molar-refractivity contribution in [2.24, 2.45) is 0 Å². The Hall–Kier alpha value is -2.88. The first kappa shape index (κ1) is 15.0. The highest BCUT2D eigenvalue weighted by atomic mass is 16.2. The molecule has 1 saturated heterocycles. The fourth-order valence-corrected chi connectivity index (χ4v) is 2.63. The summed E-state index contributed by atoms with van der Waals surface area (Å²) in [6.45, 7) is 0.621. The van der Waals surface area contributed by atoms with Crippen LogP contribution in [0.5, 0.6) is 0 Å². The molecule has 0 radical (unpaired) electrons. The molecule has 0 unspecified atom stereocenters. The van der Waals surface area contributed by atoms with Gasteiger partial charge in [-0.05, 0) is 30.2 Å². The minimum atomic E-state index is -0.455. The Morgan fingerprint density at radius 3 is 2.39 bits per heavy atom. The first-order valence-electron chi connectivity index (χ1n) is 7.64. The van der Waals surface area contributed by atoms with Crippen molar-refractivity contribution in [2.75, 3.05) is 11.4 Å². The number of amides is 2. The topological polar surface area (TPSA) is 49.4 Å². The van der Waals surface area contributed by atoms with Gasteiger partial charge in [0.1, 0.15) is 6.04 Å². The highest BCUT2D eigenvalue weighted by molar-refractivity contribution is 6.03. The Morgan fingerprint density at radius 1 is 1.04 bits per heavy atom. The number of hydrogen-bond donors (Lipinski definition) is 1. The van der Waals surface area contributed by atoms with Crippen LogP contribution >= 0.6 is 0 Å². The Labute approximate surface area is 135 Å². The van der Waals surface area contributed by atoms with Crippen molar-refractivity contribution in [2.45, 2.75) is 12.5 Å². The molecule has 0 bridgehead atoms. The Balaban J connectivity index is 1.60. The van der Waals surface area contributed by atoms with E-state index >= 15 is 0 Å². The van der Waals surface area contributed by atoms with Crippen molar-refractivity contribution in [1.82, 2.24) is 5.32 Å². The van der Waals surface area contributed by atoms with Crippen molar-refractivity contribution >= 4 is 23.6 Å². The lowest BCUT2D eigenvalue weighted by molar-refractivity contribution is -0.123. The van der Waals surface area contributed by atoms with Gasteiger partial charge in [-0.25, -0.2) is 0 Å². The predicted octanol–water partition coefficient (Wildman–Crippen LogP) is 2.62. The number of carbonyl (C=O) groups excluding carboxylic acids is 2. The van der Waals surface area contributed by atoms with Crippen LogP contribution in [0.1, 0.15) is 12.0 Å². The Bertz CT molecular complexity index is 711. The summed E-state index contributed by atoms with van der Waals surface area (Å²) in [5, 5.41) is 2.78. The molecule has 1 aliphatic rings. The molecule has 0 aliphatic carbocycles. The number of anilines is 1. The summed E-state index contributed by atoms with van der Waals surface area (Å²) in [4.78, 5) is 26.1. The molecule has 1 aliphatic heterocycles. The van der Waals surface area contributed by atoms with Crippen LogP contribution in [0.25, 0.3) is 6.08 Å². The van der Waals surface area contributed by atoms with Crippen LogP contribution in [0.4, 0.5) is 5.69 Å². The number of nitrogens with one attached hydrogen (secondary N) is 1. The summed E-state index contributed by atoms with van der Waals surface area (Å²) in [6.07, 6.45) is 3.83. The molecule has 23 heavy (non-hydrogen) atoms. The molecule has 1 heterocycles. The SMILES string of the molecule is O=C(/C=C/c1ccccc1)N[C@@H]1CCN(c2ccccc2)C1=O. The van der Waals surface area contributed by atoms with Gasteiger partial charge in [-0.3, -0.25) is 9.59 Å². The van der Waals surface area contributed by atoms with Gasteiger partial charge in [0.25, 0.3) is 0 Å². The van der Waals surface area contributed by atoms with Crippen molar-refractivity contribution in [3.8, 4) is 0 Å². The number of para-hydroxylation sites is 1. The summed E-state index contributed by atoms with van der Waals surface area (Å²) in [6, 6.07) is 18.6. The molecule has 2 amide bonds. The van der Waals surface area contributed by atoms with E-state index in [1.807, 2.05) is 60.7 Å². The number of carbonyl (C=O) groups is 2. The minimum Gasteiger partial charge on any atom is -0.341 e. The quantitative estimate of drug-likeness (QED) is 0.883. The highest BCUT2D eigenvalue weighted by Crippen LogP contribution is 2.21. The van der Waals surface area contributed by atoms with Crippen LogP contribution in [0.2, 0.25) is 0 Å². The molecular formula is C19H18N2O2. The summed E-state index contributed by atoms with van der Waals surface area (Å²) in [7, 11) is 0. The van der Waals surface area contributed by atoms with E-state index < -0.39 is 6.04 Å². The molecule has 1 N–H and O–H groups in total. The van der Waals surface area contributed by atoms with Crippen LogP contribution in [0, 0.1) is 0 Å². The standard InChI is InChI=1S/C19H18N2O2/c22-18(12-11-15-7-3-1-4-8-15)20-17-13-14-21(19(17)23)16-9-5-2-6-10-16/h1-12,17H,13-14H2,(H,20,22)/b12-11+/t17-/m1/s1. The van der Waals surface area contributed by atoms with Crippen molar-refractivity contribution in [3.05, 3.63) is 72.3 Å². The normalized spacial score (nSPS) is 17.7. The maximum absolute atomic E-state index is 12.4. The molecule has 2 aromatic rings. The molecule has 0 saturated carbocycles. The lowest BCUT2D eigenvalue weighted by Crippen LogP contribution is -2.40. The lowest BCUT2D eigenvalue weighted by Gasteiger charge is -2.16. The molecule has 3 rings (SSSR count). The third-order valence-electron chi connectivity index (χ3n) is 3.82. The molecule has 1 atom stereocenters. The van der Waals surface area contributed by atoms with Gasteiger partial charge in [0.2, 0.25) is 11.8 Å². The van der Waals surface area contributed by atoms with Gasteiger partial charge < -0.3 is 10.2 Å².